The summed E-state index contributed by atoms with van der Waals surface area (Å²) in [6, 6.07) is 15.7. The van der Waals surface area contributed by atoms with E-state index < -0.39 is 0 Å². The zero-order valence-corrected chi connectivity index (χ0v) is 14.2. The SMILES string of the molecule is CC.CCOC(=O)/C=C(/c1ccccc1)c1ccc2[nH]ncc2c1. The van der Waals surface area contributed by atoms with E-state index >= 15 is 0 Å². The van der Waals surface area contributed by atoms with E-state index in [-0.39, 0.29) is 5.97 Å². The molecule has 0 radical (unpaired) electrons. The molecule has 4 nitrogen and oxygen atoms in total. The fourth-order valence-corrected chi connectivity index (χ4v) is 2.36. The molecule has 2 aromatic carbocycles. The van der Waals surface area contributed by atoms with Crippen molar-refractivity contribution in [2.45, 2.75) is 20.8 Å². The Morgan fingerprint density at radius 1 is 1.12 bits per heavy atom. The highest BCUT2D eigenvalue weighted by Crippen LogP contribution is 2.26. The van der Waals surface area contributed by atoms with Crippen LogP contribution in [0.25, 0.3) is 16.5 Å². The minimum Gasteiger partial charge on any atom is -0.463 e. The predicted molar refractivity (Wildman–Crippen MR) is 97.6 cm³/mol. The van der Waals surface area contributed by atoms with Crippen molar-refractivity contribution >= 4 is 22.4 Å². The van der Waals surface area contributed by atoms with E-state index in [1.165, 1.54) is 0 Å². The fourth-order valence-electron chi connectivity index (χ4n) is 2.36. The smallest absolute Gasteiger partial charge is 0.331 e. The van der Waals surface area contributed by atoms with Crippen molar-refractivity contribution < 1.29 is 9.53 Å². The Bertz CT molecular complexity index is 820. The second-order valence-corrected chi connectivity index (χ2v) is 4.85. The maximum atomic E-state index is 11.9. The summed E-state index contributed by atoms with van der Waals surface area (Å²) in [5, 5.41) is 7.96. The molecular formula is C20H22N2O2. The van der Waals surface area contributed by atoms with Crippen LogP contribution in [0.4, 0.5) is 0 Å². The number of carbonyl (C=O) groups excluding carboxylic acids is 1. The molecule has 3 rings (SSSR count). The molecule has 0 saturated carbocycles. The summed E-state index contributed by atoms with van der Waals surface area (Å²) in [4.78, 5) is 11.9. The second kappa shape index (κ2) is 8.67. The van der Waals surface area contributed by atoms with E-state index in [1.54, 1.807) is 19.2 Å². The topological polar surface area (TPSA) is 55.0 Å². The lowest BCUT2D eigenvalue weighted by molar-refractivity contribution is -0.137. The zero-order chi connectivity index (χ0) is 17.4. The number of aromatic nitrogens is 2. The van der Waals surface area contributed by atoms with Gasteiger partial charge >= 0.3 is 5.97 Å². The van der Waals surface area contributed by atoms with Gasteiger partial charge in [-0.3, -0.25) is 5.10 Å². The van der Waals surface area contributed by atoms with Crippen LogP contribution in [-0.4, -0.2) is 22.8 Å². The number of ether oxygens (including phenoxy) is 1. The number of esters is 1. The summed E-state index contributed by atoms with van der Waals surface area (Å²) in [6.07, 6.45) is 3.31. The molecule has 0 aliphatic heterocycles. The standard InChI is InChI=1S/C18H16N2O2.C2H6/c1-2-22-18(21)11-16(13-6-4-3-5-7-13)14-8-9-17-15(10-14)12-19-20-17;1-2/h3-12H,2H2,1H3,(H,19,20);1-2H3/b16-11-;. The average Bonchev–Trinajstić information content (AvgIpc) is 3.10. The number of nitrogens with zero attached hydrogens (tertiary/aromatic N) is 1. The van der Waals surface area contributed by atoms with Gasteiger partial charge in [0, 0.05) is 11.5 Å². The molecule has 1 heterocycles. The van der Waals surface area contributed by atoms with Crippen LogP contribution in [0.1, 0.15) is 31.9 Å². The lowest BCUT2D eigenvalue weighted by Gasteiger charge is -2.09. The number of hydrogen-bond acceptors (Lipinski definition) is 3. The molecule has 0 amide bonds. The Labute approximate surface area is 142 Å². The Morgan fingerprint density at radius 2 is 1.88 bits per heavy atom. The molecule has 0 spiro atoms. The number of aromatic amines is 1. The fraction of sp³-hybridized carbons (Fsp3) is 0.200. The molecule has 0 unspecified atom stereocenters. The minimum absolute atomic E-state index is 0.339. The molecular weight excluding hydrogens is 300 g/mol. The highest BCUT2D eigenvalue weighted by molar-refractivity contribution is 5.97. The van der Waals surface area contributed by atoms with Gasteiger partial charge in [0.1, 0.15) is 0 Å². The number of H-pyrrole nitrogens is 1. The Balaban J connectivity index is 0.00000100. The minimum atomic E-state index is -0.339. The summed E-state index contributed by atoms with van der Waals surface area (Å²) < 4.78 is 5.05. The lowest BCUT2D eigenvalue weighted by Crippen LogP contribution is -2.01. The quantitative estimate of drug-likeness (QED) is 0.565. The van der Waals surface area contributed by atoms with Gasteiger partial charge in [0.05, 0.1) is 18.3 Å². The molecule has 0 fully saturated rings. The third-order valence-electron chi connectivity index (χ3n) is 3.38. The Kier molecular flexibility index (Phi) is 6.32. The van der Waals surface area contributed by atoms with Crippen LogP contribution < -0.4 is 0 Å². The summed E-state index contributed by atoms with van der Waals surface area (Å²) in [5.74, 6) is -0.339. The first-order chi connectivity index (χ1) is 11.8. The van der Waals surface area contributed by atoms with Gasteiger partial charge in [-0.1, -0.05) is 50.2 Å². The van der Waals surface area contributed by atoms with E-state index in [4.69, 9.17) is 4.74 Å². The average molecular weight is 322 g/mol. The number of carbonyl (C=O) groups is 1. The maximum Gasteiger partial charge on any atom is 0.331 e. The van der Waals surface area contributed by atoms with Crippen LogP contribution in [0.15, 0.2) is 60.8 Å². The number of rotatable bonds is 4. The van der Waals surface area contributed by atoms with Crippen molar-refractivity contribution in [2.75, 3.05) is 6.61 Å². The first-order valence-corrected chi connectivity index (χ1v) is 8.15. The third kappa shape index (κ3) is 4.10. The van der Waals surface area contributed by atoms with Crippen LogP contribution in [0, 0.1) is 0 Å². The third-order valence-corrected chi connectivity index (χ3v) is 3.38. The molecule has 0 bridgehead atoms. The maximum absolute atomic E-state index is 11.9. The van der Waals surface area contributed by atoms with Gasteiger partial charge in [-0.25, -0.2) is 4.79 Å². The molecule has 3 aromatic rings. The van der Waals surface area contributed by atoms with Crippen LogP contribution in [0.5, 0.6) is 0 Å². The van der Waals surface area contributed by atoms with E-state index in [0.29, 0.717) is 6.61 Å². The summed E-state index contributed by atoms with van der Waals surface area (Å²) in [6.45, 7) is 6.16. The zero-order valence-electron chi connectivity index (χ0n) is 14.2. The van der Waals surface area contributed by atoms with Gasteiger partial charge < -0.3 is 4.74 Å². The van der Waals surface area contributed by atoms with Crippen molar-refractivity contribution in [3.8, 4) is 0 Å². The van der Waals surface area contributed by atoms with Crippen molar-refractivity contribution in [3.05, 3.63) is 71.9 Å². The van der Waals surface area contributed by atoms with Gasteiger partial charge in [0.25, 0.3) is 0 Å². The summed E-state index contributed by atoms with van der Waals surface area (Å²) in [7, 11) is 0. The number of nitrogens with one attached hydrogen (secondary N) is 1. The van der Waals surface area contributed by atoms with Gasteiger partial charge in [-0.15, -0.1) is 0 Å². The van der Waals surface area contributed by atoms with Crippen molar-refractivity contribution in [1.82, 2.24) is 10.2 Å². The highest BCUT2D eigenvalue weighted by atomic mass is 16.5. The van der Waals surface area contributed by atoms with Crippen molar-refractivity contribution in [2.24, 2.45) is 0 Å². The highest BCUT2D eigenvalue weighted by Gasteiger charge is 2.09. The van der Waals surface area contributed by atoms with Crippen LogP contribution >= 0.6 is 0 Å². The number of benzene rings is 2. The summed E-state index contributed by atoms with van der Waals surface area (Å²) in [5.41, 5.74) is 3.72. The van der Waals surface area contributed by atoms with Crippen LogP contribution in [0.2, 0.25) is 0 Å². The lowest BCUT2D eigenvalue weighted by atomic mass is 9.96. The second-order valence-electron chi connectivity index (χ2n) is 4.85. The van der Waals surface area contributed by atoms with Crippen molar-refractivity contribution in [3.63, 3.8) is 0 Å². The molecule has 124 valence electrons. The normalized spacial score (nSPS) is 10.9. The van der Waals surface area contributed by atoms with E-state index in [2.05, 4.69) is 10.2 Å². The van der Waals surface area contributed by atoms with Crippen LogP contribution in [-0.2, 0) is 9.53 Å². The predicted octanol–water partition coefficient (Wildman–Crippen LogP) is 4.58. The molecule has 0 aliphatic rings. The van der Waals surface area contributed by atoms with E-state index in [1.807, 2.05) is 62.4 Å². The molecule has 24 heavy (non-hydrogen) atoms. The largest absolute Gasteiger partial charge is 0.463 e. The number of fused-ring (bicyclic) bond motifs is 1. The van der Waals surface area contributed by atoms with Gasteiger partial charge in [-0.2, -0.15) is 5.10 Å². The molecule has 0 saturated heterocycles. The molecule has 1 aromatic heterocycles. The first-order valence-electron chi connectivity index (χ1n) is 8.15. The van der Waals surface area contributed by atoms with Gasteiger partial charge in [-0.05, 0) is 35.8 Å². The monoisotopic (exact) mass is 322 g/mol. The van der Waals surface area contributed by atoms with Crippen LogP contribution in [0.3, 0.4) is 0 Å². The molecule has 1 N–H and O–H groups in total. The molecule has 0 aliphatic carbocycles. The van der Waals surface area contributed by atoms with E-state index in [9.17, 15) is 4.79 Å². The van der Waals surface area contributed by atoms with Crippen molar-refractivity contribution in [1.29, 1.82) is 0 Å². The molecule has 4 heteroatoms. The van der Waals surface area contributed by atoms with E-state index in [0.717, 1.165) is 27.6 Å². The van der Waals surface area contributed by atoms with Gasteiger partial charge in [0.15, 0.2) is 0 Å². The Morgan fingerprint density at radius 3 is 2.58 bits per heavy atom. The first kappa shape index (κ1) is 17.5. The molecule has 0 atom stereocenters. The number of hydrogen-bond donors (Lipinski definition) is 1. The Hall–Kier alpha value is -2.88. The van der Waals surface area contributed by atoms with Gasteiger partial charge in [0.2, 0.25) is 0 Å². The summed E-state index contributed by atoms with van der Waals surface area (Å²) >= 11 is 0.